The Labute approximate surface area is 350 Å². The number of benzene rings is 9. The summed E-state index contributed by atoms with van der Waals surface area (Å²) >= 11 is 3.91. The van der Waals surface area contributed by atoms with Crippen LogP contribution < -0.4 is 0 Å². The van der Waals surface area contributed by atoms with E-state index in [1.54, 1.807) is 0 Å². The minimum atomic E-state index is 0.428. The van der Waals surface area contributed by atoms with E-state index in [1.165, 1.54) is 107 Å². The molecule has 0 N–H and O–H groups in total. The molecule has 3 heteroatoms. The molecule has 13 rings (SSSR count). The molecule has 0 fully saturated rings. The molecule has 2 unspecified atom stereocenters. The summed E-state index contributed by atoms with van der Waals surface area (Å²) in [6.45, 7) is 0. The summed E-state index contributed by atoms with van der Waals surface area (Å²) < 4.78 is 5.16. The first-order chi connectivity index (χ1) is 29.2. The van der Waals surface area contributed by atoms with Gasteiger partial charge in [-0.1, -0.05) is 152 Å². The van der Waals surface area contributed by atoms with Gasteiger partial charge in [0.1, 0.15) is 0 Å². The van der Waals surface area contributed by atoms with Crippen LogP contribution in [-0.2, 0) is 0 Å². The van der Waals surface area contributed by atoms with Crippen molar-refractivity contribution in [2.45, 2.75) is 16.1 Å². The van der Waals surface area contributed by atoms with Crippen LogP contribution in [0.15, 0.2) is 205 Å². The maximum absolute atomic E-state index is 2.49. The van der Waals surface area contributed by atoms with Crippen molar-refractivity contribution in [2.75, 3.05) is 0 Å². The van der Waals surface area contributed by atoms with Crippen LogP contribution in [0.5, 0.6) is 0 Å². The zero-order chi connectivity index (χ0) is 38.6. The van der Waals surface area contributed by atoms with Gasteiger partial charge < -0.3 is 4.57 Å². The Morgan fingerprint density at radius 1 is 0.424 bits per heavy atom. The molecular formula is C56H35NS2. The van der Waals surface area contributed by atoms with Crippen LogP contribution in [-0.4, -0.2) is 9.82 Å². The van der Waals surface area contributed by atoms with Crippen LogP contribution in [0.2, 0.25) is 0 Å². The van der Waals surface area contributed by atoms with Crippen molar-refractivity contribution in [3.8, 4) is 39.1 Å². The molecule has 1 aliphatic carbocycles. The monoisotopic (exact) mass is 785 g/mol. The molecule has 276 valence electrons. The smallest absolute Gasteiger partial charge is 0.0541 e. The molecule has 0 bridgehead atoms. The Morgan fingerprint density at radius 3 is 1.95 bits per heavy atom. The maximum Gasteiger partial charge on any atom is 0.0541 e. The van der Waals surface area contributed by atoms with Crippen molar-refractivity contribution in [3.05, 3.63) is 206 Å². The number of hydrogen-bond donors (Lipinski definition) is 0. The molecule has 2 aromatic heterocycles. The van der Waals surface area contributed by atoms with E-state index in [0.717, 1.165) is 5.69 Å². The van der Waals surface area contributed by atoms with Gasteiger partial charge in [0.15, 0.2) is 0 Å². The summed E-state index contributed by atoms with van der Waals surface area (Å²) in [5.41, 5.74) is 12.6. The van der Waals surface area contributed by atoms with Gasteiger partial charge >= 0.3 is 0 Å². The number of rotatable bonds is 4. The van der Waals surface area contributed by atoms with Gasteiger partial charge in [0.25, 0.3) is 0 Å². The van der Waals surface area contributed by atoms with E-state index >= 15 is 0 Å². The molecule has 0 saturated carbocycles. The van der Waals surface area contributed by atoms with Crippen molar-refractivity contribution < 1.29 is 0 Å². The van der Waals surface area contributed by atoms with Crippen molar-refractivity contribution >= 4 is 86.6 Å². The SMILES string of the molecule is C1=CC2Sc3c(-c4ccc5c(c4)c4cc(-c6cccc7c6sc6ccccc67)ccc4n5-c4cccc(-c5cc6ccccc6c6ccccc56)c4)cccc3C2C=C1. The lowest BCUT2D eigenvalue weighted by Crippen LogP contribution is -2.06. The van der Waals surface area contributed by atoms with E-state index in [2.05, 4.69) is 205 Å². The number of hydrogen-bond acceptors (Lipinski definition) is 2. The minimum Gasteiger partial charge on any atom is -0.309 e. The summed E-state index contributed by atoms with van der Waals surface area (Å²) in [5, 5.41) is 10.7. The molecule has 2 atom stereocenters. The first-order valence-electron chi connectivity index (χ1n) is 20.4. The summed E-state index contributed by atoms with van der Waals surface area (Å²) in [6.07, 6.45) is 9.15. The Hall–Kier alpha value is -6.65. The fourth-order valence-electron chi connectivity index (χ4n) is 10.0. The van der Waals surface area contributed by atoms with E-state index in [1.807, 2.05) is 23.1 Å². The Morgan fingerprint density at radius 2 is 1.08 bits per heavy atom. The average Bonchev–Trinajstić information content (AvgIpc) is 3.98. The van der Waals surface area contributed by atoms with E-state index in [4.69, 9.17) is 0 Å². The van der Waals surface area contributed by atoms with Crippen LogP contribution >= 0.6 is 23.1 Å². The molecule has 2 aliphatic rings. The quantitative estimate of drug-likeness (QED) is 0.161. The molecule has 0 saturated heterocycles. The molecule has 9 aromatic carbocycles. The van der Waals surface area contributed by atoms with Crippen LogP contribution in [0.4, 0.5) is 0 Å². The van der Waals surface area contributed by atoms with E-state index < -0.39 is 0 Å². The molecule has 1 aliphatic heterocycles. The fraction of sp³-hybridized carbons (Fsp3) is 0.0357. The standard InChI is InChI=1S/C56H35NS2/c1-2-15-39-35(12-1)31-48(43-17-4-3-16-42(39)43)34-13-9-14-38(30-34)57-51-28-26-36(40-20-10-22-46-44-18-5-7-24-53(44)58-55(40)46)32-49(51)50-33-37(27-29-52(50)57)41-21-11-23-47-45-19-6-8-25-54(45)59-56(41)47/h1-33,44,53H. The van der Waals surface area contributed by atoms with Gasteiger partial charge in [0, 0.05) is 52.7 Å². The van der Waals surface area contributed by atoms with Crippen LogP contribution in [0.3, 0.4) is 0 Å². The Balaban J connectivity index is 1.04. The van der Waals surface area contributed by atoms with Crippen molar-refractivity contribution in [1.29, 1.82) is 0 Å². The highest BCUT2D eigenvalue weighted by Gasteiger charge is 2.33. The molecule has 0 spiro atoms. The first kappa shape index (κ1) is 33.3. The third-order valence-electron chi connectivity index (χ3n) is 12.7. The number of allylic oxidation sites excluding steroid dienone is 3. The van der Waals surface area contributed by atoms with Gasteiger partial charge in [-0.25, -0.2) is 0 Å². The van der Waals surface area contributed by atoms with Crippen molar-refractivity contribution in [3.63, 3.8) is 0 Å². The van der Waals surface area contributed by atoms with Gasteiger partial charge in [-0.2, -0.15) is 0 Å². The first-order valence-corrected chi connectivity index (χ1v) is 22.1. The van der Waals surface area contributed by atoms with Crippen molar-refractivity contribution in [1.82, 2.24) is 4.57 Å². The molecule has 3 heterocycles. The lowest BCUT2D eigenvalue weighted by atomic mass is 9.90. The minimum absolute atomic E-state index is 0.428. The number of thioether (sulfide) groups is 1. The van der Waals surface area contributed by atoms with Gasteiger partial charge in [0.05, 0.1) is 11.0 Å². The largest absolute Gasteiger partial charge is 0.309 e. The second kappa shape index (κ2) is 12.9. The normalized spacial score (nSPS) is 15.9. The zero-order valence-corrected chi connectivity index (χ0v) is 33.6. The summed E-state index contributed by atoms with van der Waals surface area (Å²) in [7, 11) is 0. The Kier molecular flexibility index (Phi) is 7.30. The Bertz CT molecular complexity index is 3620. The number of thiophene rings is 1. The number of aromatic nitrogens is 1. The van der Waals surface area contributed by atoms with Crippen LogP contribution in [0.25, 0.3) is 103 Å². The average molecular weight is 786 g/mol. The van der Waals surface area contributed by atoms with Gasteiger partial charge in [-0.3, -0.25) is 0 Å². The second-order valence-electron chi connectivity index (χ2n) is 15.9. The lowest BCUT2D eigenvalue weighted by Gasteiger charge is -2.14. The summed E-state index contributed by atoms with van der Waals surface area (Å²) in [5.74, 6) is 0.428. The van der Waals surface area contributed by atoms with Crippen LogP contribution in [0, 0.1) is 0 Å². The fourth-order valence-corrected chi connectivity index (χ4v) is 12.7. The molecule has 59 heavy (non-hydrogen) atoms. The zero-order valence-electron chi connectivity index (χ0n) is 32.0. The predicted octanol–water partition coefficient (Wildman–Crippen LogP) is 16.1. The topological polar surface area (TPSA) is 4.93 Å². The summed E-state index contributed by atoms with van der Waals surface area (Å²) in [6, 6.07) is 65.9. The number of nitrogens with zero attached hydrogens (tertiary/aromatic N) is 1. The van der Waals surface area contributed by atoms with Crippen molar-refractivity contribution in [2.24, 2.45) is 0 Å². The van der Waals surface area contributed by atoms with Gasteiger partial charge in [-0.15, -0.1) is 23.1 Å². The molecule has 0 amide bonds. The highest BCUT2D eigenvalue weighted by atomic mass is 32.2. The van der Waals surface area contributed by atoms with E-state index in [0.29, 0.717) is 11.2 Å². The molecule has 1 nitrogen and oxygen atoms in total. The molecular weight excluding hydrogens is 751 g/mol. The second-order valence-corrected chi connectivity index (χ2v) is 18.2. The molecule has 0 radical (unpaired) electrons. The van der Waals surface area contributed by atoms with E-state index in [9.17, 15) is 0 Å². The number of fused-ring (bicyclic) bond motifs is 12. The van der Waals surface area contributed by atoms with Crippen LogP contribution in [0.1, 0.15) is 11.5 Å². The lowest BCUT2D eigenvalue weighted by molar-refractivity contribution is 0.881. The highest BCUT2D eigenvalue weighted by molar-refractivity contribution is 8.00. The van der Waals surface area contributed by atoms with Gasteiger partial charge in [0.2, 0.25) is 0 Å². The maximum atomic E-state index is 2.49. The molecule has 11 aromatic rings. The third-order valence-corrected chi connectivity index (χ3v) is 15.4. The highest BCUT2D eigenvalue weighted by Crippen LogP contribution is 2.52. The summed E-state index contributed by atoms with van der Waals surface area (Å²) in [4.78, 5) is 1.41. The third kappa shape index (κ3) is 5.05. The van der Waals surface area contributed by atoms with E-state index in [-0.39, 0.29) is 0 Å². The van der Waals surface area contributed by atoms with Gasteiger partial charge in [-0.05, 0) is 109 Å². The predicted molar refractivity (Wildman–Crippen MR) is 256 cm³/mol.